The number of primary amides is 1. The predicted octanol–water partition coefficient (Wildman–Crippen LogP) is 0.852. The fraction of sp³-hybridized carbons (Fsp3) is 0.222. The second kappa shape index (κ2) is 3.17. The number of carbonyl (C=O) groups excluding carboxylic acids is 1. The Morgan fingerprint density at radius 1 is 1.50 bits per heavy atom. The minimum absolute atomic E-state index is 0.171. The topological polar surface area (TPSA) is 61.6 Å². The van der Waals surface area contributed by atoms with Gasteiger partial charge in [0.2, 0.25) is 5.91 Å². The lowest BCUT2D eigenvalue weighted by Gasteiger charge is -2.21. The van der Waals surface area contributed by atoms with Crippen molar-refractivity contribution in [2.75, 3.05) is 6.61 Å². The quantitative estimate of drug-likeness (QED) is 0.726. The number of halogens is 1. The maximum atomic E-state index is 12.7. The van der Waals surface area contributed by atoms with Gasteiger partial charge in [0.1, 0.15) is 0 Å². The number of rotatable bonds is 1. The van der Waals surface area contributed by atoms with Crippen molar-refractivity contribution in [3.05, 3.63) is 23.8 Å². The molecule has 0 spiro atoms. The Bertz CT molecular complexity index is 380. The summed E-state index contributed by atoms with van der Waals surface area (Å²) in [6.07, 6.45) is -1.46. The molecule has 0 aliphatic carbocycles. The van der Waals surface area contributed by atoms with Gasteiger partial charge in [-0.3, -0.25) is 4.79 Å². The van der Waals surface area contributed by atoms with Gasteiger partial charge in [0.15, 0.2) is 18.1 Å². The summed E-state index contributed by atoms with van der Waals surface area (Å²) in [6.45, 7) is -0.171. The first-order chi connectivity index (χ1) is 6.66. The van der Waals surface area contributed by atoms with Crippen LogP contribution in [0.15, 0.2) is 18.2 Å². The zero-order chi connectivity index (χ0) is 10.1. The summed E-state index contributed by atoms with van der Waals surface area (Å²) >= 11 is 0. The number of carbonyl (C=O) groups is 1. The van der Waals surface area contributed by atoms with Crippen molar-refractivity contribution >= 4 is 5.91 Å². The Morgan fingerprint density at radius 2 is 2.29 bits per heavy atom. The maximum absolute atomic E-state index is 12.7. The lowest BCUT2D eigenvalue weighted by atomic mass is 10.2. The minimum Gasteiger partial charge on any atom is -0.483 e. The van der Waals surface area contributed by atoms with E-state index in [4.69, 9.17) is 15.2 Å². The number of fused-ring (bicyclic) bond motifs is 1. The highest BCUT2D eigenvalue weighted by atomic mass is 19.1. The molecule has 5 heteroatoms. The predicted molar refractivity (Wildman–Crippen MR) is 46.0 cm³/mol. The van der Waals surface area contributed by atoms with Gasteiger partial charge < -0.3 is 15.2 Å². The van der Waals surface area contributed by atoms with Crippen molar-refractivity contribution < 1.29 is 18.7 Å². The number of hydrogen-bond donors (Lipinski definition) is 1. The van der Waals surface area contributed by atoms with E-state index in [1.807, 2.05) is 0 Å². The fourth-order valence-electron chi connectivity index (χ4n) is 1.20. The van der Waals surface area contributed by atoms with Crippen LogP contribution in [-0.2, 0) is 0 Å². The molecule has 1 aromatic carbocycles. The van der Waals surface area contributed by atoms with Crippen LogP contribution < -0.4 is 15.2 Å². The second-order valence-electron chi connectivity index (χ2n) is 2.86. The molecule has 1 amide bonds. The van der Waals surface area contributed by atoms with Crippen LogP contribution in [-0.4, -0.2) is 18.9 Å². The molecule has 1 aliphatic rings. The number of ether oxygens (including phenoxy) is 2. The summed E-state index contributed by atoms with van der Waals surface area (Å²) in [5.41, 5.74) is 5.37. The van der Waals surface area contributed by atoms with E-state index in [1.54, 1.807) is 0 Å². The molecule has 1 aliphatic heterocycles. The van der Waals surface area contributed by atoms with Crippen LogP contribution in [0.2, 0.25) is 0 Å². The average molecular weight is 197 g/mol. The molecule has 74 valence electrons. The smallest absolute Gasteiger partial charge is 0.272 e. The van der Waals surface area contributed by atoms with Gasteiger partial charge in [0, 0.05) is 5.56 Å². The van der Waals surface area contributed by atoms with Crippen molar-refractivity contribution in [3.63, 3.8) is 0 Å². The molecule has 1 atom stereocenters. The van der Waals surface area contributed by atoms with Crippen LogP contribution >= 0.6 is 0 Å². The monoisotopic (exact) mass is 197 g/mol. The lowest BCUT2D eigenvalue weighted by molar-refractivity contribution is -0.00292. The number of nitrogens with two attached hydrogens (primary N) is 1. The van der Waals surface area contributed by atoms with Gasteiger partial charge in [-0.25, -0.2) is 0 Å². The Kier molecular flexibility index (Phi) is 1.99. The van der Waals surface area contributed by atoms with Gasteiger partial charge >= 0.3 is 0 Å². The first kappa shape index (κ1) is 8.80. The van der Waals surface area contributed by atoms with Gasteiger partial charge in [-0.15, -0.1) is 0 Å². The van der Waals surface area contributed by atoms with E-state index in [2.05, 4.69) is 0 Å². The zero-order valence-corrected chi connectivity index (χ0v) is 7.20. The molecule has 0 saturated carbocycles. The Balaban J connectivity index is 2.36. The third-order valence-corrected chi connectivity index (χ3v) is 1.85. The summed E-state index contributed by atoms with van der Waals surface area (Å²) < 4.78 is 22.5. The number of hydrogen-bond acceptors (Lipinski definition) is 3. The molecular formula is C9H8FNO3. The largest absolute Gasteiger partial charge is 0.483 e. The SMILES string of the molecule is NC(=O)c1ccc2c(c1)OCC(F)O2. The highest BCUT2D eigenvalue weighted by Crippen LogP contribution is 2.32. The normalized spacial score (nSPS) is 19.1. The van der Waals surface area contributed by atoms with Crippen LogP contribution in [0.5, 0.6) is 11.5 Å². The van der Waals surface area contributed by atoms with Gasteiger partial charge in [-0.2, -0.15) is 4.39 Å². The standard InChI is InChI=1S/C9H8FNO3/c10-8-4-13-7-3-5(9(11)12)1-2-6(7)14-8/h1-3,8H,4H2,(H2,11,12). The Morgan fingerprint density at radius 3 is 3.00 bits per heavy atom. The minimum atomic E-state index is -1.46. The van der Waals surface area contributed by atoms with Gasteiger partial charge in [0.05, 0.1) is 0 Å². The molecule has 0 radical (unpaired) electrons. The number of alkyl halides is 1. The van der Waals surface area contributed by atoms with E-state index in [0.717, 1.165) is 0 Å². The lowest BCUT2D eigenvalue weighted by Crippen LogP contribution is -2.24. The third kappa shape index (κ3) is 1.48. The van der Waals surface area contributed by atoms with E-state index >= 15 is 0 Å². The van der Waals surface area contributed by atoms with Gasteiger partial charge in [0.25, 0.3) is 6.36 Å². The van der Waals surface area contributed by atoms with Crippen molar-refractivity contribution in [1.82, 2.24) is 0 Å². The number of benzene rings is 1. The van der Waals surface area contributed by atoms with E-state index in [-0.39, 0.29) is 12.4 Å². The highest BCUT2D eigenvalue weighted by Gasteiger charge is 2.20. The van der Waals surface area contributed by atoms with Crippen molar-refractivity contribution in [2.24, 2.45) is 5.73 Å². The van der Waals surface area contributed by atoms with Crippen molar-refractivity contribution in [2.45, 2.75) is 6.36 Å². The molecule has 1 unspecified atom stereocenters. The van der Waals surface area contributed by atoms with Gasteiger partial charge in [-0.05, 0) is 18.2 Å². The van der Waals surface area contributed by atoms with E-state index in [1.165, 1.54) is 18.2 Å². The molecule has 2 N–H and O–H groups in total. The van der Waals surface area contributed by atoms with Gasteiger partial charge in [-0.1, -0.05) is 0 Å². The van der Waals surface area contributed by atoms with Crippen molar-refractivity contribution in [3.8, 4) is 11.5 Å². The van der Waals surface area contributed by atoms with Crippen LogP contribution in [0.1, 0.15) is 10.4 Å². The molecule has 0 aromatic heterocycles. The number of amides is 1. The summed E-state index contributed by atoms with van der Waals surface area (Å²) in [7, 11) is 0. The molecule has 14 heavy (non-hydrogen) atoms. The van der Waals surface area contributed by atoms with E-state index in [0.29, 0.717) is 11.3 Å². The Hall–Kier alpha value is -1.78. The van der Waals surface area contributed by atoms with E-state index < -0.39 is 12.3 Å². The fourth-order valence-corrected chi connectivity index (χ4v) is 1.20. The summed E-state index contributed by atoms with van der Waals surface area (Å²) in [5, 5.41) is 0. The molecular weight excluding hydrogens is 189 g/mol. The third-order valence-electron chi connectivity index (χ3n) is 1.85. The molecule has 0 fully saturated rings. The van der Waals surface area contributed by atoms with Crippen LogP contribution in [0.3, 0.4) is 0 Å². The molecule has 1 aromatic rings. The molecule has 2 rings (SSSR count). The second-order valence-corrected chi connectivity index (χ2v) is 2.86. The molecule has 4 nitrogen and oxygen atoms in total. The average Bonchev–Trinajstić information content (AvgIpc) is 2.16. The van der Waals surface area contributed by atoms with E-state index in [9.17, 15) is 9.18 Å². The summed E-state index contributed by atoms with van der Waals surface area (Å²) in [6, 6.07) is 4.35. The van der Waals surface area contributed by atoms with Crippen LogP contribution in [0.4, 0.5) is 4.39 Å². The van der Waals surface area contributed by atoms with Crippen molar-refractivity contribution in [1.29, 1.82) is 0 Å². The van der Waals surface area contributed by atoms with Crippen LogP contribution in [0.25, 0.3) is 0 Å². The zero-order valence-electron chi connectivity index (χ0n) is 7.20. The molecule has 0 saturated heterocycles. The highest BCUT2D eigenvalue weighted by molar-refractivity contribution is 5.93. The Labute approximate surface area is 79.4 Å². The summed E-state index contributed by atoms with van der Waals surface area (Å²) in [4.78, 5) is 10.8. The first-order valence-electron chi connectivity index (χ1n) is 4.04. The molecule has 1 heterocycles. The first-order valence-corrected chi connectivity index (χ1v) is 4.04. The maximum Gasteiger partial charge on any atom is 0.272 e. The molecule has 0 bridgehead atoms. The summed E-state index contributed by atoms with van der Waals surface area (Å²) in [5.74, 6) is 0.0720. The van der Waals surface area contributed by atoms with Crippen LogP contribution in [0, 0.1) is 0 Å².